The largest absolute Gasteiger partial charge is 0.444 e. The van der Waals surface area contributed by atoms with Crippen molar-refractivity contribution in [3.8, 4) is 0 Å². The first-order valence-electron chi connectivity index (χ1n) is 5.93. The number of ether oxygens (including phenoxy) is 1. The Kier molecular flexibility index (Phi) is 4.95. The summed E-state index contributed by atoms with van der Waals surface area (Å²) >= 11 is 5.50. The van der Waals surface area contributed by atoms with Crippen LogP contribution in [0.25, 0.3) is 0 Å². The van der Waals surface area contributed by atoms with Gasteiger partial charge in [0.2, 0.25) is 0 Å². The summed E-state index contributed by atoms with van der Waals surface area (Å²) in [6.07, 6.45) is -0.521. The molecule has 1 aromatic carbocycles. The van der Waals surface area contributed by atoms with Crippen molar-refractivity contribution in [1.29, 1.82) is 0 Å². The lowest BCUT2D eigenvalue weighted by Gasteiger charge is -2.20. The van der Waals surface area contributed by atoms with Crippen LogP contribution in [0.5, 0.6) is 0 Å². The Bertz CT molecular complexity index is 492. The number of aryl methyl sites for hydroxylation is 1. The number of halogens is 1. The number of benzene rings is 1. The van der Waals surface area contributed by atoms with Crippen molar-refractivity contribution >= 4 is 29.2 Å². The van der Waals surface area contributed by atoms with Gasteiger partial charge in [-0.15, -0.1) is 11.6 Å². The van der Waals surface area contributed by atoms with Crippen LogP contribution >= 0.6 is 11.6 Å². The molecule has 1 aromatic rings. The van der Waals surface area contributed by atoms with Crippen LogP contribution in [0.4, 0.5) is 10.5 Å². The van der Waals surface area contributed by atoms with Crippen LogP contribution in [0, 0.1) is 6.92 Å². The minimum Gasteiger partial charge on any atom is -0.444 e. The number of carbonyl (C=O) groups excluding carboxylic acids is 2. The van der Waals surface area contributed by atoms with Gasteiger partial charge in [0.1, 0.15) is 5.60 Å². The molecule has 0 heterocycles. The van der Waals surface area contributed by atoms with Gasteiger partial charge in [-0.2, -0.15) is 0 Å². The van der Waals surface area contributed by atoms with E-state index in [1.54, 1.807) is 45.9 Å². The van der Waals surface area contributed by atoms with E-state index in [-0.39, 0.29) is 11.7 Å². The molecule has 5 heteroatoms. The Labute approximate surface area is 118 Å². The zero-order chi connectivity index (χ0) is 14.6. The fourth-order valence-electron chi connectivity index (χ4n) is 1.47. The van der Waals surface area contributed by atoms with Crippen LogP contribution < -0.4 is 5.32 Å². The van der Waals surface area contributed by atoms with Crippen molar-refractivity contribution in [3.63, 3.8) is 0 Å². The maximum Gasteiger partial charge on any atom is 0.412 e. The Morgan fingerprint density at radius 2 is 1.95 bits per heavy atom. The van der Waals surface area contributed by atoms with Crippen LogP contribution in [0.2, 0.25) is 0 Å². The summed E-state index contributed by atoms with van der Waals surface area (Å²) in [5.74, 6) is -0.202. The molecule has 0 saturated carbocycles. The molecular formula is C14H18ClNO3. The fraction of sp³-hybridized carbons (Fsp3) is 0.429. The van der Waals surface area contributed by atoms with Crippen molar-refractivity contribution in [2.45, 2.75) is 33.3 Å². The molecule has 0 aliphatic carbocycles. The molecule has 0 fully saturated rings. The highest BCUT2D eigenvalue weighted by Gasteiger charge is 2.17. The molecule has 0 bridgehead atoms. The van der Waals surface area contributed by atoms with Gasteiger partial charge in [-0.1, -0.05) is 0 Å². The molecular weight excluding hydrogens is 266 g/mol. The van der Waals surface area contributed by atoms with E-state index in [2.05, 4.69) is 5.32 Å². The number of rotatable bonds is 3. The van der Waals surface area contributed by atoms with Crippen molar-refractivity contribution < 1.29 is 14.3 Å². The van der Waals surface area contributed by atoms with Gasteiger partial charge >= 0.3 is 6.09 Å². The topological polar surface area (TPSA) is 55.4 Å². The summed E-state index contributed by atoms with van der Waals surface area (Å²) < 4.78 is 5.16. The molecule has 0 atom stereocenters. The van der Waals surface area contributed by atoms with Gasteiger partial charge in [0, 0.05) is 11.3 Å². The van der Waals surface area contributed by atoms with Crippen molar-refractivity contribution in [2.75, 3.05) is 11.2 Å². The number of Topliss-reactive ketones (excluding diaryl/α,β-unsaturated/α-hetero) is 1. The molecule has 1 rings (SSSR count). The van der Waals surface area contributed by atoms with E-state index in [4.69, 9.17) is 16.3 Å². The number of alkyl halides is 1. The van der Waals surface area contributed by atoms with Gasteiger partial charge in [-0.05, 0) is 51.5 Å². The molecule has 0 unspecified atom stereocenters. The first-order chi connectivity index (χ1) is 8.73. The third kappa shape index (κ3) is 4.91. The van der Waals surface area contributed by atoms with Crippen molar-refractivity contribution in [1.82, 2.24) is 0 Å². The van der Waals surface area contributed by atoms with Crippen LogP contribution in [0.15, 0.2) is 18.2 Å². The summed E-state index contributed by atoms with van der Waals surface area (Å²) in [6, 6.07) is 4.99. The van der Waals surface area contributed by atoms with E-state index in [0.29, 0.717) is 11.3 Å². The van der Waals surface area contributed by atoms with Gasteiger partial charge < -0.3 is 4.74 Å². The molecule has 1 amide bonds. The molecule has 0 spiro atoms. The van der Waals surface area contributed by atoms with Gasteiger partial charge in [-0.3, -0.25) is 10.1 Å². The van der Waals surface area contributed by atoms with Crippen molar-refractivity contribution in [2.24, 2.45) is 0 Å². The average molecular weight is 284 g/mol. The first-order valence-corrected chi connectivity index (χ1v) is 6.46. The number of ketones is 1. The summed E-state index contributed by atoms with van der Waals surface area (Å²) in [6.45, 7) is 7.18. The van der Waals surface area contributed by atoms with Gasteiger partial charge in [0.05, 0.1) is 5.88 Å². The molecule has 19 heavy (non-hydrogen) atoms. The third-order valence-electron chi connectivity index (χ3n) is 2.31. The Morgan fingerprint density at radius 1 is 1.32 bits per heavy atom. The van der Waals surface area contributed by atoms with E-state index >= 15 is 0 Å². The Morgan fingerprint density at radius 3 is 2.42 bits per heavy atom. The molecule has 0 aliphatic heterocycles. The quantitative estimate of drug-likeness (QED) is 0.679. The predicted octanol–water partition coefficient (Wildman–Crippen LogP) is 3.76. The lowest BCUT2D eigenvalue weighted by Crippen LogP contribution is -2.27. The van der Waals surface area contributed by atoms with Gasteiger partial charge in [0.15, 0.2) is 5.78 Å². The Balaban J connectivity index is 2.81. The minimum atomic E-state index is -0.549. The minimum absolute atomic E-state index is 0.0573. The standard InChI is InChI=1S/C14H18ClNO3/c1-9-7-10(12(17)8-15)5-6-11(9)16-13(18)19-14(2,3)4/h5-7H,8H2,1-4H3,(H,16,18). The summed E-state index contributed by atoms with van der Waals surface area (Å²) in [4.78, 5) is 23.1. The highest BCUT2D eigenvalue weighted by Crippen LogP contribution is 2.18. The second-order valence-corrected chi connectivity index (χ2v) is 5.48. The maximum absolute atomic E-state index is 11.6. The molecule has 0 saturated heterocycles. The van der Waals surface area contributed by atoms with Crippen LogP contribution in [-0.2, 0) is 4.74 Å². The second-order valence-electron chi connectivity index (χ2n) is 5.21. The fourth-order valence-corrected chi connectivity index (χ4v) is 1.62. The molecule has 4 nitrogen and oxygen atoms in total. The summed E-state index contributed by atoms with van der Waals surface area (Å²) in [5, 5.41) is 2.65. The highest BCUT2D eigenvalue weighted by atomic mass is 35.5. The van der Waals surface area contributed by atoms with E-state index in [1.807, 2.05) is 0 Å². The maximum atomic E-state index is 11.6. The van der Waals surface area contributed by atoms with E-state index in [1.165, 1.54) is 0 Å². The number of anilines is 1. The molecule has 0 aromatic heterocycles. The van der Waals surface area contributed by atoms with E-state index < -0.39 is 11.7 Å². The number of hydrogen-bond donors (Lipinski definition) is 1. The normalized spacial score (nSPS) is 11.0. The number of hydrogen-bond acceptors (Lipinski definition) is 3. The molecule has 1 N–H and O–H groups in total. The first kappa shape index (κ1) is 15.5. The van der Waals surface area contributed by atoms with E-state index in [9.17, 15) is 9.59 Å². The zero-order valence-electron chi connectivity index (χ0n) is 11.5. The lowest BCUT2D eigenvalue weighted by molar-refractivity contribution is 0.0635. The van der Waals surface area contributed by atoms with Crippen molar-refractivity contribution in [3.05, 3.63) is 29.3 Å². The lowest BCUT2D eigenvalue weighted by atomic mass is 10.1. The van der Waals surface area contributed by atoms with Crippen LogP contribution in [-0.4, -0.2) is 23.4 Å². The second kappa shape index (κ2) is 6.06. The molecule has 0 aliphatic rings. The van der Waals surface area contributed by atoms with Crippen LogP contribution in [0.1, 0.15) is 36.7 Å². The van der Waals surface area contributed by atoms with E-state index in [0.717, 1.165) is 5.56 Å². The van der Waals surface area contributed by atoms with Gasteiger partial charge in [0.25, 0.3) is 0 Å². The van der Waals surface area contributed by atoms with Crippen LogP contribution in [0.3, 0.4) is 0 Å². The summed E-state index contributed by atoms with van der Waals surface area (Å²) in [5.41, 5.74) is 1.37. The molecule has 0 radical (unpaired) electrons. The molecule has 104 valence electrons. The third-order valence-corrected chi connectivity index (χ3v) is 2.55. The smallest absolute Gasteiger partial charge is 0.412 e. The average Bonchev–Trinajstić information content (AvgIpc) is 2.28. The SMILES string of the molecule is Cc1cc(C(=O)CCl)ccc1NC(=O)OC(C)(C)C. The van der Waals surface area contributed by atoms with Gasteiger partial charge in [-0.25, -0.2) is 4.79 Å². The number of amides is 1. The highest BCUT2D eigenvalue weighted by molar-refractivity contribution is 6.30. The number of nitrogens with one attached hydrogen (secondary N) is 1. The summed E-state index contributed by atoms with van der Waals surface area (Å²) in [7, 11) is 0. The zero-order valence-corrected chi connectivity index (χ0v) is 12.3. The number of carbonyl (C=O) groups is 2. The Hall–Kier alpha value is -1.55. The predicted molar refractivity (Wildman–Crippen MR) is 76.1 cm³/mol. The monoisotopic (exact) mass is 283 g/mol.